The van der Waals surface area contributed by atoms with Crippen LogP contribution in [0.3, 0.4) is 0 Å². The van der Waals surface area contributed by atoms with Crippen molar-refractivity contribution in [2.45, 2.75) is 33.1 Å². The van der Waals surface area contributed by atoms with Gasteiger partial charge in [0, 0.05) is 31.0 Å². The predicted molar refractivity (Wildman–Crippen MR) is 81.9 cm³/mol. The monoisotopic (exact) mass is 284 g/mol. The van der Waals surface area contributed by atoms with Crippen molar-refractivity contribution in [3.8, 4) is 0 Å². The minimum Gasteiger partial charge on any atom is -0.341 e. The first-order valence-electron chi connectivity index (χ1n) is 7.09. The van der Waals surface area contributed by atoms with E-state index >= 15 is 0 Å². The summed E-state index contributed by atoms with van der Waals surface area (Å²) in [7, 11) is 0. The zero-order valence-corrected chi connectivity index (χ0v) is 13.0. The van der Waals surface area contributed by atoms with E-state index < -0.39 is 0 Å². The highest BCUT2D eigenvalue weighted by Crippen LogP contribution is 2.09. The van der Waals surface area contributed by atoms with E-state index in [4.69, 9.17) is 11.6 Å². The maximum atomic E-state index is 5.74. The highest BCUT2D eigenvalue weighted by Gasteiger charge is 2.08. The van der Waals surface area contributed by atoms with Gasteiger partial charge in [-0.2, -0.15) is 0 Å². The second kappa shape index (κ2) is 9.10. The van der Waals surface area contributed by atoms with Crippen LogP contribution in [-0.4, -0.2) is 47.6 Å². The molecule has 0 atom stereocenters. The molecule has 0 spiro atoms. The first kappa shape index (κ1) is 16.2. The summed E-state index contributed by atoms with van der Waals surface area (Å²) in [6.45, 7) is 11.8. The van der Waals surface area contributed by atoms with Gasteiger partial charge in [0.05, 0.1) is 5.88 Å². The first-order valence-corrected chi connectivity index (χ1v) is 7.62. The number of rotatable bonds is 9. The molecule has 5 heteroatoms. The molecule has 4 nitrogen and oxygen atoms in total. The number of anilines is 1. The fourth-order valence-electron chi connectivity index (χ4n) is 2.00. The Morgan fingerprint density at radius 1 is 1.00 bits per heavy atom. The van der Waals surface area contributed by atoms with Crippen LogP contribution in [0.4, 0.5) is 5.95 Å². The number of nitrogens with zero attached hydrogens (tertiary/aromatic N) is 4. The van der Waals surface area contributed by atoms with Crippen LogP contribution in [0, 0.1) is 0 Å². The van der Waals surface area contributed by atoms with Gasteiger partial charge in [0.1, 0.15) is 0 Å². The number of hydrogen-bond donors (Lipinski definition) is 0. The summed E-state index contributed by atoms with van der Waals surface area (Å²) in [4.78, 5) is 13.4. The van der Waals surface area contributed by atoms with Crippen molar-refractivity contribution < 1.29 is 0 Å². The Morgan fingerprint density at radius 2 is 1.63 bits per heavy atom. The Balaban J connectivity index is 2.48. The molecule has 0 aliphatic heterocycles. The molecule has 1 rings (SSSR count). The molecule has 0 saturated heterocycles. The minimum absolute atomic E-state index is 0.467. The van der Waals surface area contributed by atoms with E-state index in [0.717, 1.165) is 50.7 Å². The maximum absolute atomic E-state index is 5.74. The van der Waals surface area contributed by atoms with Gasteiger partial charge in [-0.25, -0.2) is 9.97 Å². The largest absolute Gasteiger partial charge is 0.341 e. The van der Waals surface area contributed by atoms with Gasteiger partial charge in [-0.3, -0.25) is 0 Å². The number of halogens is 1. The lowest BCUT2D eigenvalue weighted by molar-refractivity contribution is 0.300. The normalized spacial score (nSPS) is 11.0. The number of alkyl halides is 1. The highest BCUT2D eigenvalue weighted by molar-refractivity contribution is 6.17. The third-order valence-corrected chi connectivity index (χ3v) is 3.62. The van der Waals surface area contributed by atoms with E-state index in [1.54, 1.807) is 0 Å². The SMILES string of the molecule is CCN(CC)CCCN(CC)c1ncc(CCl)cn1. The van der Waals surface area contributed by atoms with Crippen molar-refractivity contribution in [2.75, 3.05) is 37.6 Å². The number of aromatic nitrogens is 2. The summed E-state index contributed by atoms with van der Waals surface area (Å²) in [5, 5.41) is 0. The standard InChI is InChI=1S/C14H25ClN4/c1-4-18(5-2)8-7-9-19(6-3)14-16-11-13(10-15)12-17-14/h11-12H,4-10H2,1-3H3. The molecule has 0 unspecified atom stereocenters. The van der Waals surface area contributed by atoms with Crippen LogP contribution in [0.5, 0.6) is 0 Å². The average molecular weight is 285 g/mol. The molecule has 0 aliphatic rings. The fraction of sp³-hybridized carbons (Fsp3) is 0.714. The molecular weight excluding hydrogens is 260 g/mol. The van der Waals surface area contributed by atoms with E-state index in [1.165, 1.54) is 0 Å². The van der Waals surface area contributed by atoms with Crippen LogP contribution in [0.15, 0.2) is 12.4 Å². The van der Waals surface area contributed by atoms with Crippen LogP contribution < -0.4 is 4.90 Å². The molecule has 0 radical (unpaired) electrons. The Morgan fingerprint density at radius 3 is 2.11 bits per heavy atom. The van der Waals surface area contributed by atoms with E-state index in [9.17, 15) is 0 Å². The van der Waals surface area contributed by atoms with Crippen LogP contribution in [-0.2, 0) is 5.88 Å². The van der Waals surface area contributed by atoms with Crippen molar-refractivity contribution in [2.24, 2.45) is 0 Å². The Bertz CT molecular complexity index is 338. The molecule has 0 aromatic carbocycles. The Hall–Kier alpha value is -0.870. The van der Waals surface area contributed by atoms with Crippen LogP contribution in [0.1, 0.15) is 32.8 Å². The zero-order chi connectivity index (χ0) is 14.1. The maximum Gasteiger partial charge on any atom is 0.225 e. The molecule has 0 amide bonds. The molecule has 1 aromatic heterocycles. The van der Waals surface area contributed by atoms with Gasteiger partial charge in [0.15, 0.2) is 0 Å². The van der Waals surface area contributed by atoms with Gasteiger partial charge < -0.3 is 9.80 Å². The first-order chi connectivity index (χ1) is 9.24. The second-order valence-electron chi connectivity index (χ2n) is 4.49. The Labute approximate surface area is 121 Å². The quantitative estimate of drug-likeness (QED) is 0.653. The van der Waals surface area contributed by atoms with E-state index in [2.05, 4.69) is 40.5 Å². The van der Waals surface area contributed by atoms with Gasteiger partial charge in [-0.15, -0.1) is 11.6 Å². The third kappa shape index (κ3) is 5.33. The van der Waals surface area contributed by atoms with Crippen molar-refractivity contribution in [1.82, 2.24) is 14.9 Å². The van der Waals surface area contributed by atoms with Crippen molar-refractivity contribution >= 4 is 17.5 Å². The molecule has 0 fully saturated rings. The zero-order valence-electron chi connectivity index (χ0n) is 12.3. The lowest BCUT2D eigenvalue weighted by Gasteiger charge is -2.23. The summed E-state index contributed by atoms with van der Waals surface area (Å²) in [6.07, 6.45) is 4.75. The van der Waals surface area contributed by atoms with Gasteiger partial charge in [-0.05, 0) is 33.0 Å². The van der Waals surface area contributed by atoms with Crippen molar-refractivity contribution in [1.29, 1.82) is 0 Å². The summed E-state index contributed by atoms with van der Waals surface area (Å²) in [5.74, 6) is 1.27. The van der Waals surface area contributed by atoms with E-state index in [1.807, 2.05) is 12.4 Å². The molecule has 1 aromatic rings. The minimum atomic E-state index is 0.467. The smallest absolute Gasteiger partial charge is 0.225 e. The topological polar surface area (TPSA) is 32.3 Å². The molecule has 19 heavy (non-hydrogen) atoms. The lowest BCUT2D eigenvalue weighted by atomic mass is 10.3. The van der Waals surface area contributed by atoms with Gasteiger partial charge in [-0.1, -0.05) is 13.8 Å². The number of hydrogen-bond acceptors (Lipinski definition) is 4. The molecule has 0 bridgehead atoms. The van der Waals surface area contributed by atoms with E-state index in [-0.39, 0.29) is 0 Å². The van der Waals surface area contributed by atoms with Crippen LogP contribution in [0.2, 0.25) is 0 Å². The highest BCUT2D eigenvalue weighted by atomic mass is 35.5. The van der Waals surface area contributed by atoms with Crippen molar-refractivity contribution in [3.63, 3.8) is 0 Å². The summed E-state index contributed by atoms with van der Waals surface area (Å²) in [5.41, 5.74) is 0.963. The average Bonchev–Trinajstić information content (AvgIpc) is 2.48. The summed E-state index contributed by atoms with van der Waals surface area (Å²) >= 11 is 5.74. The Kier molecular flexibility index (Phi) is 7.75. The predicted octanol–water partition coefficient (Wildman–Crippen LogP) is 2.77. The van der Waals surface area contributed by atoms with E-state index in [0.29, 0.717) is 5.88 Å². The van der Waals surface area contributed by atoms with Crippen LogP contribution in [0.25, 0.3) is 0 Å². The second-order valence-corrected chi connectivity index (χ2v) is 4.75. The molecule has 1 heterocycles. The third-order valence-electron chi connectivity index (χ3n) is 3.31. The molecule has 0 saturated carbocycles. The summed E-state index contributed by atoms with van der Waals surface area (Å²) < 4.78 is 0. The van der Waals surface area contributed by atoms with Gasteiger partial charge in [0.25, 0.3) is 0 Å². The fourth-order valence-corrected chi connectivity index (χ4v) is 2.14. The molecule has 108 valence electrons. The summed E-state index contributed by atoms with van der Waals surface area (Å²) in [6, 6.07) is 0. The van der Waals surface area contributed by atoms with Crippen LogP contribution >= 0.6 is 11.6 Å². The lowest BCUT2D eigenvalue weighted by Crippen LogP contribution is -2.30. The molecule has 0 aliphatic carbocycles. The van der Waals surface area contributed by atoms with Gasteiger partial charge >= 0.3 is 0 Å². The molecule has 0 N–H and O–H groups in total. The van der Waals surface area contributed by atoms with Crippen molar-refractivity contribution in [3.05, 3.63) is 18.0 Å². The van der Waals surface area contributed by atoms with Gasteiger partial charge in [0.2, 0.25) is 5.95 Å². The molecular formula is C14H25ClN4.